The first-order valence-electron chi connectivity index (χ1n) is 56.7. The van der Waals surface area contributed by atoms with Crippen molar-refractivity contribution in [3.63, 3.8) is 0 Å². The second kappa shape index (κ2) is 128. The van der Waals surface area contributed by atoms with Gasteiger partial charge in [-0.2, -0.15) is 0 Å². The normalized spacial score (nSPS) is 11.9. The number of Topliss-reactive ketones (excluding diaryl/α,β-unsaturated/α-hetero) is 1. The van der Waals surface area contributed by atoms with Gasteiger partial charge in [0.15, 0.2) is 0 Å². The number of carboxylic acid groups (broad SMARTS) is 5. The van der Waals surface area contributed by atoms with E-state index in [4.69, 9.17) is 15.3 Å². The number of unbranched alkanes of at least 4 members (excludes halogenated alkanes) is 64. The van der Waals surface area contributed by atoms with Crippen LogP contribution in [-0.4, -0.2) is 131 Å². The van der Waals surface area contributed by atoms with Gasteiger partial charge in [0.05, 0.1) is 80.2 Å². The molecular formula is C114H210N6O11S6. The zero-order valence-corrected chi connectivity index (χ0v) is 94.1. The van der Waals surface area contributed by atoms with Crippen molar-refractivity contribution in [3.05, 3.63) is 0 Å². The molecule has 17 nitrogen and oxygen atoms in total. The molecule has 0 saturated heterocycles. The molecular weight excluding hydrogens is 1820 g/mol. The fraction of sp³-hybridized carbons (Fsp3) is 0.895. The minimum absolute atomic E-state index is 0.181. The maximum absolute atomic E-state index is 11.8. The molecule has 0 aromatic carbocycles. The number of isothiocyanates is 6. The number of ketones is 1. The van der Waals surface area contributed by atoms with Crippen molar-refractivity contribution < 1.29 is 54.3 Å². The van der Waals surface area contributed by atoms with Gasteiger partial charge in [-0.25, -0.2) is 30.0 Å². The van der Waals surface area contributed by atoms with E-state index in [1.54, 1.807) is 6.92 Å². The molecule has 0 aliphatic heterocycles. The molecule has 0 aliphatic rings. The lowest BCUT2D eigenvalue weighted by atomic mass is 9.92. The zero-order chi connectivity index (χ0) is 102. The molecule has 798 valence electrons. The van der Waals surface area contributed by atoms with E-state index in [1.165, 1.54) is 379 Å². The van der Waals surface area contributed by atoms with Crippen LogP contribution in [0.2, 0.25) is 0 Å². The van der Waals surface area contributed by atoms with Crippen LogP contribution in [-0.2, 0) is 28.8 Å². The third kappa shape index (κ3) is 126. The SMILES string of the molecule is CCCCCCCCCCCCCC(CCCCN=C=S)C(=O)O.CCCCCCCCCCCCCC(CCCN=C=S)C(=O)O.CCCCCCCCCCCCCC(CCN=C=S)C(=O)O.CCCCCCCCCCCCCC(CN=C=S)C(=O)O.CCCCCCCCCCCCCC(CN=C=S)C(=O)O.CCCCCCCCCCCCCCCC(CCCCN=C=S)C(C)=O. The molecule has 0 aliphatic carbocycles. The molecule has 0 rings (SSSR count). The highest BCUT2D eigenvalue weighted by atomic mass is 32.1. The number of nitrogens with zero attached hydrogens (tertiary/aromatic N) is 6. The molecule has 23 heteroatoms. The maximum atomic E-state index is 11.8. The number of aliphatic imine (C=N–C) groups is 6. The Labute approximate surface area is 873 Å². The summed E-state index contributed by atoms with van der Waals surface area (Å²) in [6.07, 6.45) is 102. The Kier molecular flexibility index (Phi) is 134. The summed E-state index contributed by atoms with van der Waals surface area (Å²) < 4.78 is 0. The van der Waals surface area contributed by atoms with E-state index in [-0.39, 0.29) is 48.6 Å². The van der Waals surface area contributed by atoms with E-state index in [0.29, 0.717) is 51.1 Å². The predicted octanol–water partition coefficient (Wildman–Crippen LogP) is 37.7. The number of thiocarbonyl (C=S) groups is 6. The van der Waals surface area contributed by atoms with E-state index in [2.05, 4.69) is 176 Å². The van der Waals surface area contributed by atoms with Gasteiger partial charge in [-0.3, -0.25) is 28.8 Å². The van der Waals surface area contributed by atoms with Gasteiger partial charge in [-0.15, -0.1) is 0 Å². The van der Waals surface area contributed by atoms with Crippen molar-refractivity contribution >= 4 is 140 Å². The lowest BCUT2D eigenvalue weighted by molar-refractivity contribution is -0.143. The standard InChI is InChI=1S/C23H43NOS.C20H37NO2S.C19H35NO2S.C18H33NO2S.2C17H31NO2S/c1-3-4-5-6-7-8-9-10-11-12-13-14-15-18-23(22(2)25)19-16-17-20-24-21-26;1-2-3-4-5-6-7-8-9-10-11-12-15-19(20(22)23)16-13-14-17-21-18-24;1-2-3-4-5-6-7-8-9-10-11-12-14-18(19(21)22)15-13-16-20-17-23;1-2-3-4-5-6-7-8-9-10-11-12-13-17(18(20)21)14-15-19-16-22;2*1-2-3-4-5-6-7-8-9-10-11-12-13-16(17(19)20)14-18-15-21/h23H,3-20H2,1-2H3;19H,2-17H2,1H3,(H,22,23);18H,2-16H2,1H3,(H,21,22);17H,2-15H2,1H3,(H,20,21);2*16H,2-14H2,1H3,(H,19,20). The van der Waals surface area contributed by atoms with Crippen molar-refractivity contribution in [2.45, 2.75) is 581 Å². The van der Waals surface area contributed by atoms with Gasteiger partial charge < -0.3 is 25.5 Å². The van der Waals surface area contributed by atoms with Gasteiger partial charge in [0, 0.05) is 25.6 Å². The summed E-state index contributed by atoms with van der Waals surface area (Å²) in [6, 6.07) is 0. The van der Waals surface area contributed by atoms with Gasteiger partial charge in [0.1, 0.15) is 5.78 Å². The Balaban J connectivity index is -0.000000376. The quantitative estimate of drug-likeness (QED) is 0.0215. The number of carboxylic acids is 5. The fourth-order valence-corrected chi connectivity index (χ4v) is 17.8. The Morgan fingerprint density at radius 3 is 0.489 bits per heavy atom. The number of carbonyl (C=O) groups excluding carboxylic acids is 1. The molecule has 5 N–H and O–H groups in total. The highest BCUT2D eigenvalue weighted by Crippen LogP contribution is 2.26. The minimum Gasteiger partial charge on any atom is -0.481 e. The summed E-state index contributed by atoms with van der Waals surface area (Å²) >= 11 is 27.0. The molecule has 6 atom stereocenters. The number of aliphatic carboxylic acids is 5. The van der Waals surface area contributed by atoms with E-state index in [1.807, 2.05) is 0 Å². The van der Waals surface area contributed by atoms with E-state index >= 15 is 0 Å². The second-order valence-electron chi connectivity index (χ2n) is 38.8. The first-order chi connectivity index (χ1) is 66.8. The summed E-state index contributed by atoms with van der Waals surface area (Å²) in [6.45, 7) is 18.3. The third-order valence-corrected chi connectivity index (χ3v) is 27.1. The molecule has 0 amide bonds. The van der Waals surface area contributed by atoms with Crippen molar-refractivity contribution in [2.24, 2.45) is 65.5 Å². The van der Waals surface area contributed by atoms with Crippen LogP contribution in [0.15, 0.2) is 30.0 Å². The van der Waals surface area contributed by atoms with E-state index in [0.717, 1.165) is 135 Å². The second-order valence-corrected chi connectivity index (χ2v) is 39.9. The summed E-state index contributed by atoms with van der Waals surface area (Å²) in [7, 11) is 0. The van der Waals surface area contributed by atoms with Crippen molar-refractivity contribution in [3.8, 4) is 0 Å². The molecule has 0 aromatic rings. The Morgan fingerprint density at radius 2 is 0.314 bits per heavy atom. The summed E-state index contributed by atoms with van der Waals surface area (Å²) in [5, 5.41) is 59.6. The number of hydrogen-bond donors (Lipinski definition) is 5. The van der Waals surface area contributed by atoms with Crippen molar-refractivity contribution in [1.29, 1.82) is 0 Å². The van der Waals surface area contributed by atoms with Gasteiger partial charge >= 0.3 is 29.8 Å². The fourth-order valence-electron chi connectivity index (χ4n) is 17.3. The molecule has 0 saturated carbocycles. The van der Waals surface area contributed by atoms with Crippen molar-refractivity contribution in [2.75, 3.05) is 39.3 Å². The molecule has 0 bridgehead atoms. The summed E-state index contributed by atoms with van der Waals surface area (Å²) in [5.74, 6) is -4.36. The van der Waals surface area contributed by atoms with Crippen LogP contribution in [0.3, 0.4) is 0 Å². The zero-order valence-electron chi connectivity index (χ0n) is 89.2. The Bertz CT molecular complexity index is 2870. The highest BCUT2D eigenvalue weighted by Gasteiger charge is 2.21. The molecule has 0 fully saturated rings. The molecule has 0 radical (unpaired) electrons. The summed E-state index contributed by atoms with van der Waals surface area (Å²) in [4.78, 5) is 90.3. The van der Waals surface area contributed by atoms with Crippen LogP contribution in [0.25, 0.3) is 0 Å². The average Bonchev–Trinajstić information content (AvgIpc) is 1.02. The van der Waals surface area contributed by atoms with Gasteiger partial charge in [0.25, 0.3) is 0 Å². The smallest absolute Gasteiger partial charge is 0.308 e. The molecule has 0 heterocycles. The highest BCUT2D eigenvalue weighted by molar-refractivity contribution is 7.79. The van der Waals surface area contributed by atoms with Crippen LogP contribution in [0.4, 0.5) is 0 Å². The maximum Gasteiger partial charge on any atom is 0.308 e. The average molecular weight is 2030 g/mol. The van der Waals surface area contributed by atoms with E-state index < -0.39 is 29.8 Å². The third-order valence-electron chi connectivity index (χ3n) is 26.3. The first kappa shape index (κ1) is 143. The van der Waals surface area contributed by atoms with Crippen LogP contribution in [0.5, 0.6) is 0 Å². The lowest BCUT2D eigenvalue weighted by Crippen LogP contribution is -2.16. The molecule has 137 heavy (non-hydrogen) atoms. The number of rotatable bonds is 101. The van der Waals surface area contributed by atoms with Crippen LogP contribution >= 0.6 is 73.3 Å². The number of hydrogen-bond acceptors (Lipinski definition) is 18. The van der Waals surface area contributed by atoms with Crippen LogP contribution in [0.1, 0.15) is 581 Å². The van der Waals surface area contributed by atoms with Gasteiger partial charge in [-0.1, -0.05) is 491 Å². The molecule has 0 spiro atoms. The molecule has 6 unspecified atom stereocenters. The first-order valence-corrected chi connectivity index (χ1v) is 59.1. The number of carbonyl (C=O) groups is 6. The monoisotopic (exact) mass is 2030 g/mol. The predicted molar refractivity (Wildman–Crippen MR) is 606 cm³/mol. The topological polar surface area (TPSA) is 278 Å². The summed E-state index contributed by atoms with van der Waals surface area (Å²) in [5.41, 5.74) is 0. The van der Waals surface area contributed by atoms with Crippen LogP contribution in [0, 0.1) is 35.5 Å². The van der Waals surface area contributed by atoms with E-state index in [9.17, 15) is 39.0 Å². The lowest BCUT2D eigenvalue weighted by Gasteiger charge is -2.13. The Morgan fingerprint density at radius 1 is 0.175 bits per heavy atom. The van der Waals surface area contributed by atoms with Gasteiger partial charge in [0.2, 0.25) is 0 Å². The Hall–Kier alpha value is -4.18. The van der Waals surface area contributed by atoms with Crippen LogP contribution < -0.4 is 0 Å². The molecule has 0 aromatic heterocycles. The van der Waals surface area contributed by atoms with Gasteiger partial charge in [-0.05, 0) is 164 Å². The largest absolute Gasteiger partial charge is 0.481 e. The van der Waals surface area contributed by atoms with Crippen molar-refractivity contribution in [1.82, 2.24) is 0 Å². The minimum atomic E-state index is -0.768.